The minimum atomic E-state index is -0.409. The summed E-state index contributed by atoms with van der Waals surface area (Å²) < 4.78 is 6.09. The summed E-state index contributed by atoms with van der Waals surface area (Å²) in [4.78, 5) is 19.0. The first-order valence-electron chi connectivity index (χ1n) is 9.03. The van der Waals surface area contributed by atoms with Gasteiger partial charge in [0.15, 0.2) is 5.82 Å². The molecule has 7 nitrogen and oxygen atoms in total. The van der Waals surface area contributed by atoms with Crippen LogP contribution in [-0.4, -0.2) is 46.4 Å². The number of hydrogen-bond acceptors (Lipinski definition) is 6. The Kier molecular flexibility index (Phi) is 4.55. The van der Waals surface area contributed by atoms with Gasteiger partial charge in [-0.2, -0.15) is 5.10 Å². The van der Waals surface area contributed by atoms with E-state index in [0.29, 0.717) is 5.92 Å². The predicted octanol–water partition coefficient (Wildman–Crippen LogP) is 2.11. The molecule has 2 saturated heterocycles. The molecule has 0 saturated carbocycles. The number of ether oxygens (including phenoxy) is 1. The van der Waals surface area contributed by atoms with Gasteiger partial charge in [-0.25, -0.2) is 0 Å². The third kappa shape index (κ3) is 3.39. The molecule has 0 spiro atoms. The van der Waals surface area contributed by atoms with Crippen LogP contribution in [0.3, 0.4) is 0 Å². The van der Waals surface area contributed by atoms with Gasteiger partial charge in [-0.15, -0.1) is 5.10 Å². The molecule has 3 atom stereocenters. The number of pyridine rings is 1. The summed E-state index contributed by atoms with van der Waals surface area (Å²) >= 11 is 0. The molecule has 7 heteroatoms. The Morgan fingerprint density at radius 3 is 2.92 bits per heavy atom. The smallest absolute Gasteiger partial charge is 0.253 e. The molecular formula is C19H23N5O2. The predicted molar refractivity (Wildman–Crippen MR) is 98.0 cm³/mol. The van der Waals surface area contributed by atoms with Gasteiger partial charge in [-0.05, 0) is 56.9 Å². The molecule has 0 bridgehead atoms. The van der Waals surface area contributed by atoms with Gasteiger partial charge in [0.1, 0.15) is 6.10 Å². The monoisotopic (exact) mass is 353 g/mol. The number of anilines is 2. The third-order valence-corrected chi connectivity index (χ3v) is 5.22. The summed E-state index contributed by atoms with van der Waals surface area (Å²) in [6, 6.07) is 7.64. The van der Waals surface area contributed by atoms with Gasteiger partial charge >= 0.3 is 0 Å². The van der Waals surface area contributed by atoms with Crippen LogP contribution in [0.2, 0.25) is 0 Å². The van der Waals surface area contributed by atoms with Crippen LogP contribution in [0.25, 0.3) is 0 Å². The second kappa shape index (κ2) is 6.99. The van der Waals surface area contributed by atoms with E-state index in [1.165, 1.54) is 0 Å². The van der Waals surface area contributed by atoms with Crippen LogP contribution in [0.1, 0.15) is 24.2 Å². The van der Waals surface area contributed by atoms with Crippen molar-refractivity contribution in [3.05, 3.63) is 41.9 Å². The SMILES string of the molecule is Cc1ccc(N2CC[C@@H]3C[C@@H](C(=O)Nc4cccnc4C)O[C@@H]3C2)nn1. The average Bonchev–Trinajstić information content (AvgIpc) is 3.07. The van der Waals surface area contributed by atoms with E-state index in [2.05, 4.69) is 25.4 Å². The number of nitrogens with one attached hydrogen (secondary N) is 1. The Balaban J connectivity index is 1.39. The zero-order valence-electron chi connectivity index (χ0n) is 15.1. The molecule has 1 amide bonds. The summed E-state index contributed by atoms with van der Waals surface area (Å²) in [5, 5.41) is 11.4. The molecular weight excluding hydrogens is 330 g/mol. The highest BCUT2D eigenvalue weighted by Gasteiger charge is 2.42. The van der Waals surface area contributed by atoms with Crippen LogP contribution >= 0.6 is 0 Å². The van der Waals surface area contributed by atoms with Crippen molar-refractivity contribution in [2.24, 2.45) is 5.92 Å². The fourth-order valence-corrected chi connectivity index (χ4v) is 3.70. The molecule has 0 radical (unpaired) electrons. The van der Waals surface area contributed by atoms with Crippen LogP contribution < -0.4 is 10.2 Å². The summed E-state index contributed by atoms with van der Waals surface area (Å²) in [5.41, 5.74) is 2.45. The van der Waals surface area contributed by atoms with Crippen LogP contribution in [0, 0.1) is 19.8 Å². The number of nitrogens with zero attached hydrogens (tertiary/aromatic N) is 4. The second-order valence-electron chi connectivity index (χ2n) is 7.05. The Bertz CT molecular complexity index is 795. The van der Waals surface area contributed by atoms with Gasteiger partial charge < -0.3 is 15.0 Å². The van der Waals surface area contributed by atoms with E-state index >= 15 is 0 Å². The molecule has 0 aromatic carbocycles. The van der Waals surface area contributed by atoms with Gasteiger partial charge in [0.05, 0.1) is 23.2 Å². The number of carbonyl (C=O) groups excluding carboxylic acids is 1. The zero-order chi connectivity index (χ0) is 18.1. The molecule has 4 heterocycles. The average molecular weight is 353 g/mol. The molecule has 4 rings (SSSR count). The number of hydrogen-bond donors (Lipinski definition) is 1. The quantitative estimate of drug-likeness (QED) is 0.910. The van der Waals surface area contributed by atoms with E-state index < -0.39 is 6.10 Å². The minimum Gasteiger partial charge on any atom is -0.363 e. The molecule has 0 aliphatic carbocycles. The van der Waals surface area contributed by atoms with E-state index in [1.54, 1.807) is 6.20 Å². The van der Waals surface area contributed by atoms with Gasteiger partial charge in [0.25, 0.3) is 5.91 Å². The lowest BCUT2D eigenvalue weighted by Crippen LogP contribution is -2.43. The molecule has 2 fully saturated rings. The van der Waals surface area contributed by atoms with E-state index in [9.17, 15) is 4.79 Å². The van der Waals surface area contributed by atoms with Crippen molar-refractivity contribution in [3.8, 4) is 0 Å². The molecule has 2 aromatic heterocycles. The highest BCUT2D eigenvalue weighted by Crippen LogP contribution is 2.35. The van der Waals surface area contributed by atoms with Gasteiger partial charge in [0.2, 0.25) is 0 Å². The summed E-state index contributed by atoms with van der Waals surface area (Å²) in [6.07, 6.45) is 3.12. The normalized spacial score (nSPS) is 25.0. The second-order valence-corrected chi connectivity index (χ2v) is 7.05. The Hall–Kier alpha value is -2.54. The topological polar surface area (TPSA) is 80.2 Å². The molecule has 1 N–H and O–H groups in total. The first-order valence-corrected chi connectivity index (χ1v) is 9.03. The number of amides is 1. The Morgan fingerprint density at radius 1 is 1.27 bits per heavy atom. The highest BCUT2D eigenvalue weighted by molar-refractivity contribution is 5.94. The number of rotatable bonds is 3. The van der Waals surface area contributed by atoms with Crippen LogP contribution in [0.4, 0.5) is 11.5 Å². The third-order valence-electron chi connectivity index (χ3n) is 5.22. The first kappa shape index (κ1) is 16.9. The lowest BCUT2D eigenvalue weighted by atomic mass is 9.91. The molecule has 2 aromatic rings. The fraction of sp³-hybridized carbons (Fsp3) is 0.474. The van der Waals surface area contributed by atoms with Crippen LogP contribution in [-0.2, 0) is 9.53 Å². The lowest BCUT2D eigenvalue weighted by Gasteiger charge is -2.34. The Morgan fingerprint density at radius 2 is 2.15 bits per heavy atom. The number of carbonyl (C=O) groups is 1. The van der Waals surface area contributed by atoms with Crippen molar-refractivity contribution in [2.45, 2.75) is 38.9 Å². The van der Waals surface area contributed by atoms with Gasteiger partial charge in [-0.1, -0.05) is 0 Å². The summed E-state index contributed by atoms with van der Waals surface area (Å²) in [5.74, 6) is 1.20. The number of aromatic nitrogens is 3. The van der Waals surface area contributed by atoms with Gasteiger partial charge in [0, 0.05) is 19.3 Å². The standard InChI is InChI=1S/C19H23N5O2/c1-12-5-6-18(23-22-12)24-9-7-14-10-16(26-17(14)11-24)19(25)21-15-4-3-8-20-13(15)2/h3-6,8,14,16-17H,7,9-11H2,1-2H3,(H,21,25)/t14-,16+,17-/m1/s1. The fourth-order valence-electron chi connectivity index (χ4n) is 3.70. The number of aryl methyl sites for hydroxylation is 2. The van der Waals surface area contributed by atoms with Crippen molar-refractivity contribution in [3.63, 3.8) is 0 Å². The molecule has 136 valence electrons. The first-order chi connectivity index (χ1) is 12.6. The molecule has 2 aliphatic rings. The van der Waals surface area contributed by atoms with E-state index in [0.717, 1.165) is 48.8 Å². The van der Waals surface area contributed by atoms with Gasteiger partial charge in [-0.3, -0.25) is 9.78 Å². The maximum absolute atomic E-state index is 12.6. The van der Waals surface area contributed by atoms with Crippen LogP contribution in [0.15, 0.2) is 30.5 Å². The highest BCUT2D eigenvalue weighted by atomic mass is 16.5. The van der Waals surface area contributed by atoms with Crippen molar-refractivity contribution in [1.82, 2.24) is 15.2 Å². The van der Waals surface area contributed by atoms with Crippen molar-refractivity contribution in [2.75, 3.05) is 23.3 Å². The van der Waals surface area contributed by atoms with E-state index in [-0.39, 0.29) is 12.0 Å². The molecule has 0 unspecified atom stereocenters. The van der Waals surface area contributed by atoms with E-state index in [1.807, 2.05) is 38.1 Å². The Labute approximate surface area is 152 Å². The lowest BCUT2D eigenvalue weighted by molar-refractivity contribution is -0.126. The maximum Gasteiger partial charge on any atom is 0.253 e. The van der Waals surface area contributed by atoms with Crippen molar-refractivity contribution < 1.29 is 9.53 Å². The largest absolute Gasteiger partial charge is 0.363 e. The maximum atomic E-state index is 12.6. The molecule has 26 heavy (non-hydrogen) atoms. The summed E-state index contributed by atoms with van der Waals surface area (Å²) in [6.45, 7) is 5.47. The van der Waals surface area contributed by atoms with Crippen LogP contribution in [0.5, 0.6) is 0 Å². The minimum absolute atomic E-state index is 0.0533. The van der Waals surface area contributed by atoms with E-state index in [4.69, 9.17) is 4.74 Å². The number of piperidine rings is 1. The van der Waals surface area contributed by atoms with Crippen molar-refractivity contribution >= 4 is 17.4 Å². The summed E-state index contributed by atoms with van der Waals surface area (Å²) in [7, 11) is 0. The zero-order valence-corrected chi connectivity index (χ0v) is 15.1. The molecule has 2 aliphatic heterocycles. The number of fused-ring (bicyclic) bond motifs is 1. The van der Waals surface area contributed by atoms with Crippen molar-refractivity contribution in [1.29, 1.82) is 0 Å².